The molecule has 4 N–H and O–H groups in total. The van der Waals surface area contributed by atoms with Crippen molar-refractivity contribution in [3.8, 4) is 0 Å². The van der Waals surface area contributed by atoms with E-state index in [9.17, 15) is 9.90 Å². The third-order valence-electron chi connectivity index (χ3n) is 1.52. The molecule has 7 nitrogen and oxygen atoms in total. The molecule has 0 spiro atoms. The van der Waals surface area contributed by atoms with E-state index in [4.69, 9.17) is 5.73 Å². The van der Waals surface area contributed by atoms with Crippen LogP contribution in [0.1, 0.15) is 0 Å². The second kappa shape index (κ2) is 1.89. The smallest absolute Gasteiger partial charge is 0.300 e. The van der Waals surface area contributed by atoms with Crippen LogP contribution in [0.5, 0.6) is 0 Å². The lowest BCUT2D eigenvalue weighted by atomic mass is 10.2. The van der Waals surface area contributed by atoms with E-state index in [1.165, 1.54) is 0 Å². The SMILES string of the molecule is NC1=NC2=NC=NC2(O)C(=O)N1. The Kier molecular flexibility index (Phi) is 1.09. The predicted molar refractivity (Wildman–Crippen MR) is 40.6 cm³/mol. The van der Waals surface area contributed by atoms with Crippen LogP contribution in [0.4, 0.5) is 0 Å². The fourth-order valence-electron chi connectivity index (χ4n) is 0.927. The predicted octanol–water partition coefficient (Wildman–Crippen LogP) is -2.44. The highest BCUT2D eigenvalue weighted by Crippen LogP contribution is 2.17. The first-order chi connectivity index (χ1) is 5.63. The molecule has 12 heavy (non-hydrogen) atoms. The van der Waals surface area contributed by atoms with Gasteiger partial charge in [-0.25, -0.2) is 9.98 Å². The Morgan fingerprint density at radius 2 is 2.42 bits per heavy atom. The zero-order valence-electron chi connectivity index (χ0n) is 5.85. The molecule has 62 valence electrons. The average molecular weight is 167 g/mol. The lowest BCUT2D eigenvalue weighted by Crippen LogP contribution is -2.57. The topological polar surface area (TPSA) is 112 Å². The van der Waals surface area contributed by atoms with Gasteiger partial charge in [-0.15, -0.1) is 0 Å². The summed E-state index contributed by atoms with van der Waals surface area (Å²) in [5, 5.41) is 11.6. The molecule has 1 unspecified atom stereocenters. The maximum Gasteiger partial charge on any atom is 0.300 e. The van der Waals surface area contributed by atoms with E-state index >= 15 is 0 Å². The third kappa shape index (κ3) is 0.678. The Bertz CT molecular complexity index is 341. The van der Waals surface area contributed by atoms with E-state index < -0.39 is 11.6 Å². The molecule has 0 aliphatic carbocycles. The lowest BCUT2D eigenvalue weighted by molar-refractivity contribution is -0.131. The van der Waals surface area contributed by atoms with Crippen molar-refractivity contribution in [2.75, 3.05) is 0 Å². The molecule has 0 aromatic carbocycles. The number of aliphatic imine (C=N–C) groups is 3. The molecule has 0 fully saturated rings. The molecule has 2 heterocycles. The van der Waals surface area contributed by atoms with Crippen molar-refractivity contribution >= 4 is 24.0 Å². The Morgan fingerprint density at radius 3 is 3.17 bits per heavy atom. The average Bonchev–Trinajstić information content (AvgIpc) is 2.33. The summed E-state index contributed by atoms with van der Waals surface area (Å²) in [6.45, 7) is 0. The molecule has 2 rings (SSSR count). The van der Waals surface area contributed by atoms with Crippen LogP contribution in [-0.2, 0) is 4.79 Å². The first-order valence-electron chi connectivity index (χ1n) is 3.13. The van der Waals surface area contributed by atoms with Crippen molar-refractivity contribution in [3.05, 3.63) is 0 Å². The van der Waals surface area contributed by atoms with E-state index in [1.807, 2.05) is 0 Å². The summed E-state index contributed by atoms with van der Waals surface area (Å²) in [6, 6.07) is 0. The normalized spacial score (nSPS) is 32.2. The molecule has 2 aliphatic heterocycles. The molecular weight excluding hydrogens is 162 g/mol. The van der Waals surface area contributed by atoms with Gasteiger partial charge in [0, 0.05) is 0 Å². The maximum atomic E-state index is 11.1. The van der Waals surface area contributed by atoms with Gasteiger partial charge in [0.15, 0.2) is 5.84 Å². The van der Waals surface area contributed by atoms with Crippen LogP contribution in [-0.4, -0.2) is 34.9 Å². The van der Waals surface area contributed by atoms with Gasteiger partial charge >= 0.3 is 0 Å². The van der Waals surface area contributed by atoms with Gasteiger partial charge in [-0.2, -0.15) is 4.99 Å². The Morgan fingerprint density at radius 1 is 1.67 bits per heavy atom. The summed E-state index contributed by atoms with van der Waals surface area (Å²) in [4.78, 5) is 21.7. The quantitative estimate of drug-likeness (QED) is 0.372. The molecule has 0 bridgehead atoms. The first kappa shape index (κ1) is 6.92. The summed E-state index contributed by atoms with van der Waals surface area (Å²) < 4.78 is 0. The minimum Gasteiger partial charge on any atom is -0.369 e. The lowest BCUT2D eigenvalue weighted by Gasteiger charge is -2.22. The highest BCUT2D eigenvalue weighted by Gasteiger charge is 2.46. The van der Waals surface area contributed by atoms with Crippen molar-refractivity contribution in [2.24, 2.45) is 20.7 Å². The van der Waals surface area contributed by atoms with Crippen molar-refractivity contribution in [2.45, 2.75) is 5.72 Å². The number of amidine groups is 1. The van der Waals surface area contributed by atoms with Gasteiger partial charge in [0.25, 0.3) is 11.6 Å². The fraction of sp³-hybridized carbons (Fsp3) is 0.200. The van der Waals surface area contributed by atoms with E-state index in [0.717, 1.165) is 6.34 Å². The summed E-state index contributed by atoms with van der Waals surface area (Å²) >= 11 is 0. The fourth-order valence-corrected chi connectivity index (χ4v) is 0.927. The Balaban J connectivity index is 2.53. The number of hydrogen-bond donors (Lipinski definition) is 3. The van der Waals surface area contributed by atoms with Crippen LogP contribution in [0.15, 0.2) is 15.0 Å². The van der Waals surface area contributed by atoms with Gasteiger partial charge in [0.05, 0.1) is 0 Å². The van der Waals surface area contributed by atoms with Crippen molar-refractivity contribution < 1.29 is 9.90 Å². The molecule has 1 amide bonds. The van der Waals surface area contributed by atoms with Gasteiger partial charge in [-0.3, -0.25) is 10.1 Å². The Labute approximate surface area is 66.7 Å². The molecule has 0 saturated heterocycles. The monoisotopic (exact) mass is 167 g/mol. The summed E-state index contributed by atoms with van der Waals surface area (Å²) in [5.41, 5.74) is 3.24. The van der Waals surface area contributed by atoms with E-state index in [2.05, 4.69) is 20.3 Å². The maximum absolute atomic E-state index is 11.1. The van der Waals surface area contributed by atoms with Crippen molar-refractivity contribution in [3.63, 3.8) is 0 Å². The minimum absolute atomic E-state index is 0.0890. The van der Waals surface area contributed by atoms with Gasteiger partial charge in [-0.05, 0) is 0 Å². The number of rotatable bonds is 0. The summed E-state index contributed by atoms with van der Waals surface area (Å²) in [5.74, 6) is -0.917. The molecule has 0 aromatic rings. The second-order valence-electron chi connectivity index (χ2n) is 2.32. The van der Waals surface area contributed by atoms with Gasteiger partial charge in [0.1, 0.15) is 6.34 Å². The zero-order chi connectivity index (χ0) is 8.77. The number of guanidine groups is 1. The molecule has 0 radical (unpaired) electrons. The number of amides is 1. The van der Waals surface area contributed by atoms with Crippen molar-refractivity contribution in [1.29, 1.82) is 0 Å². The van der Waals surface area contributed by atoms with Crippen molar-refractivity contribution in [1.82, 2.24) is 5.32 Å². The largest absolute Gasteiger partial charge is 0.369 e. The first-order valence-corrected chi connectivity index (χ1v) is 3.13. The summed E-state index contributed by atoms with van der Waals surface area (Å²) in [7, 11) is 0. The minimum atomic E-state index is -1.97. The number of carbonyl (C=O) groups excluding carboxylic acids is 1. The van der Waals surface area contributed by atoms with Crippen LogP contribution < -0.4 is 11.1 Å². The zero-order valence-corrected chi connectivity index (χ0v) is 5.85. The van der Waals surface area contributed by atoms with E-state index in [0.29, 0.717) is 0 Å². The van der Waals surface area contributed by atoms with Crippen LogP contribution in [0, 0.1) is 0 Å². The van der Waals surface area contributed by atoms with Gasteiger partial charge < -0.3 is 10.8 Å². The standard InChI is InChI=1S/C5H5N5O2/c6-4-9-2-5(12,3(11)10-4)8-1-7-2/h1,12H,(H3,6,7,8,9,10,11). The highest BCUT2D eigenvalue weighted by atomic mass is 16.3. The number of nitrogens with two attached hydrogens (primary N) is 1. The molecule has 7 heteroatoms. The van der Waals surface area contributed by atoms with E-state index in [-0.39, 0.29) is 11.8 Å². The molecular formula is C5H5N5O2. The molecule has 0 aromatic heterocycles. The van der Waals surface area contributed by atoms with Gasteiger partial charge in [0.2, 0.25) is 5.96 Å². The Hall–Kier alpha value is -1.76. The number of carbonyl (C=O) groups is 1. The number of nitrogens with zero attached hydrogens (tertiary/aromatic N) is 3. The highest BCUT2D eigenvalue weighted by molar-refractivity contribution is 6.24. The van der Waals surface area contributed by atoms with Crippen LogP contribution in [0.2, 0.25) is 0 Å². The number of fused-ring (bicyclic) bond motifs is 1. The summed E-state index contributed by atoms with van der Waals surface area (Å²) in [6.07, 6.45) is 1.07. The number of nitrogens with one attached hydrogen (secondary N) is 1. The van der Waals surface area contributed by atoms with Crippen LogP contribution in [0.3, 0.4) is 0 Å². The third-order valence-corrected chi connectivity index (χ3v) is 1.52. The number of hydrogen-bond acceptors (Lipinski definition) is 6. The molecule has 1 atom stereocenters. The molecule has 2 aliphatic rings. The number of aliphatic hydroxyl groups is 1. The van der Waals surface area contributed by atoms with Crippen LogP contribution in [0.25, 0.3) is 0 Å². The van der Waals surface area contributed by atoms with Crippen LogP contribution >= 0.6 is 0 Å². The van der Waals surface area contributed by atoms with Gasteiger partial charge in [-0.1, -0.05) is 0 Å². The second-order valence-corrected chi connectivity index (χ2v) is 2.32. The van der Waals surface area contributed by atoms with E-state index in [1.54, 1.807) is 0 Å². The molecule has 0 saturated carbocycles.